The van der Waals surface area contributed by atoms with E-state index in [-0.39, 0.29) is 6.04 Å². The Morgan fingerprint density at radius 2 is 2.36 bits per heavy atom. The van der Waals surface area contributed by atoms with Gasteiger partial charge in [-0.1, -0.05) is 0 Å². The maximum absolute atomic E-state index is 12.5. The molecule has 4 heteroatoms. The monoisotopic (exact) mass is 159 g/mol. The number of furan rings is 1. The minimum Gasteiger partial charge on any atom is -0.479 e. The maximum atomic E-state index is 12.5. The summed E-state index contributed by atoms with van der Waals surface area (Å²) < 4.78 is 17.1. The Labute approximate surface area is 63.8 Å². The van der Waals surface area contributed by atoms with Gasteiger partial charge in [-0.3, -0.25) is 0 Å². The summed E-state index contributed by atoms with van der Waals surface area (Å²) in [5, 5.41) is 11.6. The molecular weight excluding hydrogens is 149 g/mol. The molecule has 1 heterocycles. The van der Waals surface area contributed by atoms with Gasteiger partial charge in [0.2, 0.25) is 5.82 Å². The van der Waals surface area contributed by atoms with Crippen LogP contribution < -0.4 is 5.32 Å². The average molecular weight is 159 g/mol. The minimum absolute atomic E-state index is 0.0922. The van der Waals surface area contributed by atoms with Crippen LogP contribution in [0.4, 0.5) is 4.39 Å². The summed E-state index contributed by atoms with van der Waals surface area (Å²) in [6, 6.07) is 1.07. The molecule has 0 spiro atoms. The molecule has 0 unspecified atom stereocenters. The molecule has 1 aromatic rings. The molecule has 1 aromatic heterocycles. The smallest absolute Gasteiger partial charge is 0.319 e. The van der Waals surface area contributed by atoms with Gasteiger partial charge in [-0.2, -0.15) is 4.39 Å². The highest BCUT2D eigenvalue weighted by atomic mass is 19.1. The Morgan fingerprint density at radius 1 is 1.73 bits per heavy atom. The molecule has 0 aliphatic carbocycles. The van der Waals surface area contributed by atoms with Gasteiger partial charge in [0.25, 0.3) is 0 Å². The van der Waals surface area contributed by atoms with Gasteiger partial charge < -0.3 is 14.8 Å². The predicted molar refractivity (Wildman–Crippen MR) is 37.8 cm³/mol. The summed E-state index contributed by atoms with van der Waals surface area (Å²) >= 11 is 0. The van der Waals surface area contributed by atoms with Gasteiger partial charge >= 0.3 is 5.95 Å². The highest BCUT2D eigenvalue weighted by Gasteiger charge is 2.13. The van der Waals surface area contributed by atoms with Crippen molar-refractivity contribution >= 4 is 0 Å². The van der Waals surface area contributed by atoms with E-state index < -0.39 is 11.8 Å². The van der Waals surface area contributed by atoms with Crippen molar-refractivity contribution in [1.29, 1.82) is 0 Å². The molecule has 0 fully saturated rings. The van der Waals surface area contributed by atoms with Crippen LogP contribution in [-0.4, -0.2) is 12.2 Å². The SMILES string of the molecule is CN[C@H](C)c1cc(F)c(O)o1. The van der Waals surface area contributed by atoms with E-state index in [4.69, 9.17) is 5.11 Å². The third-order valence-corrected chi connectivity index (χ3v) is 1.55. The second-order valence-corrected chi connectivity index (χ2v) is 2.31. The molecule has 62 valence electrons. The Balaban J connectivity index is 2.88. The van der Waals surface area contributed by atoms with Crippen LogP contribution in [0.25, 0.3) is 0 Å². The topological polar surface area (TPSA) is 45.4 Å². The van der Waals surface area contributed by atoms with Gasteiger partial charge in [0.1, 0.15) is 5.76 Å². The Hall–Kier alpha value is -1.03. The molecule has 0 aliphatic heterocycles. The summed E-state index contributed by atoms with van der Waals surface area (Å²) in [5.74, 6) is -0.980. The number of nitrogens with one attached hydrogen (secondary N) is 1. The molecule has 0 aromatic carbocycles. The summed E-state index contributed by atoms with van der Waals surface area (Å²) in [6.45, 7) is 1.80. The van der Waals surface area contributed by atoms with E-state index in [0.717, 1.165) is 6.07 Å². The fourth-order valence-electron chi connectivity index (χ4n) is 0.732. The highest BCUT2D eigenvalue weighted by Crippen LogP contribution is 2.23. The van der Waals surface area contributed by atoms with Crippen molar-refractivity contribution in [2.75, 3.05) is 7.05 Å². The molecule has 2 N–H and O–H groups in total. The molecule has 0 saturated heterocycles. The van der Waals surface area contributed by atoms with Crippen LogP contribution in [0.3, 0.4) is 0 Å². The Kier molecular flexibility index (Phi) is 2.14. The largest absolute Gasteiger partial charge is 0.479 e. The van der Waals surface area contributed by atoms with Crippen LogP contribution in [0.5, 0.6) is 5.95 Å². The van der Waals surface area contributed by atoms with Crippen molar-refractivity contribution in [3.05, 3.63) is 17.6 Å². The van der Waals surface area contributed by atoms with E-state index in [1.807, 2.05) is 0 Å². The van der Waals surface area contributed by atoms with Gasteiger partial charge in [0.05, 0.1) is 6.04 Å². The van der Waals surface area contributed by atoms with Gasteiger partial charge in [-0.15, -0.1) is 0 Å². The van der Waals surface area contributed by atoms with Gasteiger partial charge in [-0.05, 0) is 14.0 Å². The van der Waals surface area contributed by atoms with E-state index in [9.17, 15) is 4.39 Å². The second kappa shape index (κ2) is 2.92. The van der Waals surface area contributed by atoms with Gasteiger partial charge in [-0.25, -0.2) is 0 Å². The number of aromatic hydroxyl groups is 1. The van der Waals surface area contributed by atoms with Crippen LogP contribution in [0, 0.1) is 5.82 Å². The third-order valence-electron chi connectivity index (χ3n) is 1.55. The maximum Gasteiger partial charge on any atom is 0.319 e. The molecule has 11 heavy (non-hydrogen) atoms. The molecule has 0 radical (unpaired) electrons. The van der Waals surface area contributed by atoms with Crippen LogP contribution in [0.15, 0.2) is 10.5 Å². The van der Waals surface area contributed by atoms with Crippen LogP contribution >= 0.6 is 0 Å². The molecule has 0 aliphatic rings. The van der Waals surface area contributed by atoms with Crippen LogP contribution in [0.2, 0.25) is 0 Å². The number of rotatable bonds is 2. The second-order valence-electron chi connectivity index (χ2n) is 2.31. The molecule has 3 nitrogen and oxygen atoms in total. The molecule has 0 saturated carbocycles. The first-order valence-corrected chi connectivity index (χ1v) is 3.30. The number of halogens is 1. The van der Waals surface area contributed by atoms with Crippen molar-refractivity contribution < 1.29 is 13.9 Å². The zero-order chi connectivity index (χ0) is 8.43. The Bertz CT molecular complexity index is 227. The molecule has 0 amide bonds. The fourth-order valence-corrected chi connectivity index (χ4v) is 0.732. The first-order valence-electron chi connectivity index (χ1n) is 3.30. The van der Waals surface area contributed by atoms with E-state index in [1.54, 1.807) is 14.0 Å². The normalized spacial score (nSPS) is 13.4. The van der Waals surface area contributed by atoms with E-state index in [1.165, 1.54) is 0 Å². The quantitative estimate of drug-likeness (QED) is 0.685. The van der Waals surface area contributed by atoms with Gasteiger partial charge in [0.15, 0.2) is 0 Å². The molecule has 1 rings (SSSR count). The minimum atomic E-state index is -0.720. The summed E-state index contributed by atoms with van der Waals surface area (Å²) in [6.07, 6.45) is 0. The summed E-state index contributed by atoms with van der Waals surface area (Å²) in [4.78, 5) is 0. The zero-order valence-corrected chi connectivity index (χ0v) is 6.39. The lowest BCUT2D eigenvalue weighted by Crippen LogP contribution is -2.11. The average Bonchev–Trinajstić information content (AvgIpc) is 2.31. The van der Waals surface area contributed by atoms with Crippen LogP contribution in [0.1, 0.15) is 18.7 Å². The standard InChI is InChI=1S/C7H10FNO2/c1-4(9-2)6-3-5(8)7(10)11-6/h3-4,9-10H,1-2H3/t4-/m1/s1. The molecular formula is C7H10FNO2. The predicted octanol–water partition coefficient (Wildman–Crippen LogP) is 1.40. The zero-order valence-electron chi connectivity index (χ0n) is 6.39. The lowest BCUT2D eigenvalue weighted by molar-refractivity contribution is 0.290. The lowest BCUT2D eigenvalue weighted by atomic mass is 10.3. The highest BCUT2D eigenvalue weighted by molar-refractivity contribution is 5.15. The van der Waals surface area contributed by atoms with Crippen molar-refractivity contribution in [1.82, 2.24) is 5.32 Å². The van der Waals surface area contributed by atoms with Gasteiger partial charge in [0, 0.05) is 6.07 Å². The first kappa shape index (κ1) is 8.07. The fraction of sp³-hybridized carbons (Fsp3) is 0.429. The summed E-state index contributed by atoms with van der Waals surface area (Å²) in [5.41, 5.74) is 0. The summed E-state index contributed by atoms with van der Waals surface area (Å²) in [7, 11) is 1.72. The molecule has 1 atom stereocenters. The third kappa shape index (κ3) is 1.51. The van der Waals surface area contributed by atoms with Crippen molar-refractivity contribution in [3.8, 4) is 5.95 Å². The van der Waals surface area contributed by atoms with E-state index in [2.05, 4.69) is 9.73 Å². The van der Waals surface area contributed by atoms with E-state index >= 15 is 0 Å². The van der Waals surface area contributed by atoms with Crippen LogP contribution in [-0.2, 0) is 0 Å². The number of hydrogen-bond acceptors (Lipinski definition) is 3. The number of hydrogen-bond donors (Lipinski definition) is 2. The van der Waals surface area contributed by atoms with Crippen molar-refractivity contribution in [3.63, 3.8) is 0 Å². The first-order chi connectivity index (χ1) is 5.15. The molecule has 0 bridgehead atoms. The van der Waals surface area contributed by atoms with E-state index in [0.29, 0.717) is 5.76 Å². The lowest BCUT2D eigenvalue weighted by Gasteiger charge is -2.03. The van der Waals surface area contributed by atoms with Crippen molar-refractivity contribution in [2.45, 2.75) is 13.0 Å². The van der Waals surface area contributed by atoms with Crippen molar-refractivity contribution in [2.24, 2.45) is 0 Å². The Morgan fingerprint density at radius 3 is 2.73 bits per heavy atom.